The van der Waals surface area contributed by atoms with Crippen LogP contribution in [-0.2, 0) is 27.6 Å². The van der Waals surface area contributed by atoms with Crippen LogP contribution in [0, 0.1) is 16.7 Å². The molecule has 1 aliphatic heterocycles. The summed E-state index contributed by atoms with van der Waals surface area (Å²) in [5.74, 6) is -0.101. The summed E-state index contributed by atoms with van der Waals surface area (Å²) in [5, 5.41) is 0. The lowest BCUT2D eigenvalue weighted by Gasteiger charge is -2.36. The maximum absolute atomic E-state index is 12.9. The van der Waals surface area contributed by atoms with Gasteiger partial charge in [0, 0.05) is 51.4 Å². The monoisotopic (exact) mass is 622 g/mol. The molecule has 0 radical (unpaired) electrons. The molecule has 2 aromatic carbocycles. The Morgan fingerprint density at radius 3 is 2.30 bits per heavy atom. The average Bonchev–Trinajstić information content (AvgIpc) is 3.45. The zero-order valence-corrected chi connectivity index (χ0v) is 25.0. The van der Waals surface area contributed by atoms with Crippen LogP contribution in [0.3, 0.4) is 0 Å². The molecule has 2 N–H and O–H groups in total. The standard InChI is InChI=1S/C20H21F3N4O.C10H16O4S/c21-20(22,23)15-4-3-5-16(14-15)26-11-8-25(9-12-26)10-13-27-18-7-2-1-6-17(18)24-19(27)28;1-9(2)7-3-4-10(9,8(11)5-7)6-15(12,13)14/h1-7,14H,8-13H2,(H,24,28);7H,3-6H2,1-2H3,(H,12,13,14)/t;7-,10-/m.0/s1. The third kappa shape index (κ3) is 6.25. The van der Waals surface area contributed by atoms with Crippen LogP contribution in [0.15, 0.2) is 53.3 Å². The van der Waals surface area contributed by atoms with Gasteiger partial charge in [-0.15, -0.1) is 0 Å². The first-order chi connectivity index (χ1) is 20.1. The number of rotatable bonds is 6. The van der Waals surface area contributed by atoms with Crippen LogP contribution in [0.25, 0.3) is 11.0 Å². The van der Waals surface area contributed by atoms with Crippen molar-refractivity contribution in [3.05, 3.63) is 64.6 Å². The summed E-state index contributed by atoms with van der Waals surface area (Å²) in [6.07, 6.45) is -2.36. The third-order valence-electron chi connectivity index (χ3n) is 9.80. The number of imidazole rings is 1. The van der Waals surface area contributed by atoms with Crippen LogP contribution in [0.4, 0.5) is 18.9 Å². The number of nitrogens with one attached hydrogen (secondary N) is 1. The number of aromatic nitrogens is 2. The van der Waals surface area contributed by atoms with Crippen molar-refractivity contribution in [2.75, 3.05) is 43.4 Å². The molecular formula is C30H37F3N4O5S. The number of hydrogen-bond acceptors (Lipinski definition) is 6. The van der Waals surface area contributed by atoms with Gasteiger partial charge in [-0.25, -0.2) is 4.79 Å². The number of Topliss-reactive ketones (excluding diaryl/α,β-unsaturated/α-hetero) is 1. The quantitative estimate of drug-likeness (QED) is 0.391. The zero-order valence-electron chi connectivity index (χ0n) is 24.2. The number of hydrogen-bond donors (Lipinski definition) is 2. The number of para-hydroxylation sites is 2. The molecule has 2 aliphatic carbocycles. The van der Waals surface area contributed by atoms with Crippen LogP contribution in [0.5, 0.6) is 0 Å². The average molecular weight is 623 g/mol. The van der Waals surface area contributed by atoms with E-state index >= 15 is 0 Å². The Hall–Kier alpha value is -3.16. The predicted octanol–water partition coefficient (Wildman–Crippen LogP) is 4.44. The molecule has 2 heterocycles. The van der Waals surface area contributed by atoms with E-state index in [1.165, 1.54) is 12.1 Å². The number of ketones is 1. The van der Waals surface area contributed by atoms with Crippen molar-refractivity contribution in [3.63, 3.8) is 0 Å². The summed E-state index contributed by atoms with van der Waals surface area (Å²) in [4.78, 5) is 31.1. The van der Waals surface area contributed by atoms with Gasteiger partial charge < -0.3 is 9.88 Å². The van der Waals surface area contributed by atoms with E-state index in [2.05, 4.69) is 9.88 Å². The van der Waals surface area contributed by atoms with Gasteiger partial charge in [-0.05, 0) is 54.5 Å². The Bertz CT molecular complexity index is 1660. The molecular weight excluding hydrogens is 585 g/mol. The molecule has 43 heavy (non-hydrogen) atoms. The Kier molecular flexibility index (Phi) is 8.29. The Labute approximate surface area is 248 Å². The number of alkyl halides is 3. The van der Waals surface area contributed by atoms with E-state index in [4.69, 9.17) is 4.55 Å². The van der Waals surface area contributed by atoms with Crippen molar-refractivity contribution in [1.29, 1.82) is 0 Å². The highest BCUT2D eigenvalue weighted by atomic mass is 32.2. The third-order valence-corrected chi connectivity index (χ3v) is 10.7. The van der Waals surface area contributed by atoms with Crippen LogP contribution < -0.4 is 10.6 Å². The number of carbonyl (C=O) groups excluding carboxylic acids is 1. The minimum absolute atomic E-state index is 0.0152. The van der Waals surface area contributed by atoms with Crippen molar-refractivity contribution in [1.82, 2.24) is 14.5 Å². The molecule has 0 unspecified atom stereocenters. The molecule has 6 rings (SSSR count). The van der Waals surface area contributed by atoms with E-state index in [1.807, 2.05) is 43.0 Å². The van der Waals surface area contributed by atoms with Crippen LogP contribution in [0.1, 0.15) is 38.7 Å². The zero-order chi connectivity index (χ0) is 31.2. The van der Waals surface area contributed by atoms with Gasteiger partial charge in [0.25, 0.3) is 10.1 Å². The summed E-state index contributed by atoms with van der Waals surface area (Å²) in [7, 11) is -4.08. The van der Waals surface area contributed by atoms with Crippen LogP contribution in [-0.4, -0.2) is 71.7 Å². The van der Waals surface area contributed by atoms with E-state index in [9.17, 15) is 31.2 Å². The minimum atomic E-state index is -4.33. The number of H-pyrrole nitrogens is 1. The van der Waals surface area contributed by atoms with Gasteiger partial charge in [0.15, 0.2) is 0 Å². The molecule has 1 aromatic heterocycles. The van der Waals surface area contributed by atoms with E-state index in [0.29, 0.717) is 38.2 Å². The minimum Gasteiger partial charge on any atom is -0.369 e. The van der Waals surface area contributed by atoms with Crippen molar-refractivity contribution in [2.45, 2.75) is 45.8 Å². The fourth-order valence-electron chi connectivity index (χ4n) is 7.10. The van der Waals surface area contributed by atoms with Crippen LogP contribution in [0.2, 0.25) is 0 Å². The summed E-state index contributed by atoms with van der Waals surface area (Å²) >= 11 is 0. The lowest BCUT2D eigenvalue weighted by atomic mass is 9.70. The van der Waals surface area contributed by atoms with E-state index < -0.39 is 33.0 Å². The molecule has 2 atom stereocenters. The number of benzene rings is 2. The predicted molar refractivity (Wildman–Crippen MR) is 158 cm³/mol. The normalized spacial score (nSPS) is 23.9. The van der Waals surface area contributed by atoms with Gasteiger partial charge in [-0.2, -0.15) is 21.6 Å². The molecule has 3 aliphatic rings. The lowest BCUT2D eigenvalue weighted by molar-refractivity contribution is -0.137. The van der Waals surface area contributed by atoms with E-state index in [0.717, 1.165) is 43.2 Å². The maximum Gasteiger partial charge on any atom is 0.416 e. The Morgan fingerprint density at radius 1 is 1.00 bits per heavy atom. The molecule has 2 saturated carbocycles. The van der Waals surface area contributed by atoms with E-state index in [-0.39, 0.29) is 22.8 Å². The number of carbonyl (C=O) groups is 1. The second kappa shape index (κ2) is 11.4. The number of halogens is 3. The van der Waals surface area contributed by atoms with Gasteiger partial charge in [0.05, 0.1) is 27.8 Å². The molecule has 3 fully saturated rings. The summed E-state index contributed by atoms with van der Waals surface area (Å²) in [6, 6.07) is 13.1. The highest BCUT2D eigenvalue weighted by Crippen LogP contribution is 2.64. The summed E-state index contributed by atoms with van der Waals surface area (Å²) in [5.41, 5.74) is 0.444. The number of aromatic amines is 1. The van der Waals surface area contributed by atoms with Gasteiger partial charge in [-0.3, -0.25) is 18.8 Å². The first-order valence-corrected chi connectivity index (χ1v) is 16.0. The SMILES string of the molecule is CC1(C)[C@H]2CC[C@]1(CS(=O)(=O)O)C(=O)C2.O=c1[nH]c2ccccc2n1CCN1CCN(c2cccc(C(F)(F)F)c2)CC1. The van der Waals surface area contributed by atoms with Crippen molar-refractivity contribution < 1.29 is 30.9 Å². The number of piperazine rings is 1. The van der Waals surface area contributed by atoms with E-state index in [1.54, 1.807) is 10.6 Å². The Balaban J connectivity index is 0.000000207. The molecule has 0 spiro atoms. The first-order valence-electron chi connectivity index (χ1n) is 14.4. The smallest absolute Gasteiger partial charge is 0.369 e. The fourth-order valence-corrected chi connectivity index (χ4v) is 8.40. The number of anilines is 1. The molecule has 3 aromatic rings. The van der Waals surface area contributed by atoms with Crippen molar-refractivity contribution in [3.8, 4) is 0 Å². The first kappa shape index (κ1) is 31.3. The van der Waals surface area contributed by atoms with Gasteiger partial charge in [0.1, 0.15) is 5.78 Å². The molecule has 2 bridgehead atoms. The Morgan fingerprint density at radius 2 is 1.70 bits per heavy atom. The fraction of sp³-hybridized carbons (Fsp3) is 0.533. The second-order valence-electron chi connectivity index (χ2n) is 12.4. The molecule has 234 valence electrons. The molecule has 13 heteroatoms. The summed E-state index contributed by atoms with van der Waals surface area (Å²) in [6.45, 7) is 7.99. The summed E-state index contributed by atoms with van der Waals surface area (Å²) < 4.78 is 71.5. The van der Waals surface area contributed by atoms with Crippen LogP contribution >= 0.6 is 0 Å². The molecule has 9 nitrogen and oxygen atoms in total. The highest BCUT2D eigenvalue weighted by Gasteiger charge is 2.65. The van der Waals surface area contributed by atoms with Crippen molar-refractivity contribution >= 4 is 32.6 Å². The van der Waals surface area contributed by atoms with Gasteiger partial charge in [0.2, 0.25) is 0 Å². The lowest BCUT2D eigenvalue weighted by Crippen LogP contribution is -2.47. The number of nitrogens with zero attached hydrogens (tertiary/aromatic N) is 3. The number of fused-ring (bicyclic) bond motifs is 3. The maximum atomic E-state index is 12.9. The van der Waals surface area contributed by atoms with Gasteiger partial charge >= 0.3 is 11.9 Å². The molecule has 0 amide bonds. The largest absolute Gasteiger partial charge is 0.416 e. The van der Waals surface area contributed by atoms with Gasteiger partial charge in [-0.1, -0.05) is 32.0 Å². The molecule has 1 saturated heterocycles. The highest BCUT2D eigenvalue weighted by molar-refractivity contribution is 7.85. The van der Waals surface area contributed by atoms with Crippen molar-refractivity contribution in [2.24, 2.45) is 16.7 Å². The second-order valence-corrected chi connectivity index (χ2v) is 13.8. The topological polar surface area (TPSA) is 116 Å².